The second-order valence-corrected chi connectivity index (χ2v) is 13.0. The first-order chi connectivity index (χ1) is 23.3. The molecule has 14 heteroatoms. The number of aliphatic hydroxyl groups excluding tert-OH is 1. The molecule has 5 aromatic rings. The molecule has 1 amide bonds. The van der Waals surface area contributed by atoms with Crippen molar-refractivity contribution in [3.05, 3.63) is 82.7 Å². The fourth-order valence-electron chi connectivity index (χ4n) is 6.26. The minimum atomic E-state index is -0.868. The second-order valence-electron chi connectivity index (χ2n) is 12.1. The number of aromatic amines is 1. The molecule has 250 valence electrons. The molecule has 7 rings (SSSR count). The quantitative estimate of drug-likeness (QED) is 0.110. The molecule has 1 saturated heterocycles. The molecule has 2 aromatic carbocycles. The van der Waals surface area contributed by atoms with Gasteiger partial charge in [0.25, 0.3) is 5.91 Å². The molecule has 0 spiro atoms. The number of carbonyl (C=O) groups excluding carboxylic acids is 1. The predicted octanol–water partition coefficient (Wildman–Crippen LogP) is 5.73. The highest BCUT2D eigenvalue weighted by Crippen LogP contribution is 2.42. The van der Waals surface area contributed by atoms with Crippen LogP contribution in [0, 0.1) is 5.82 Å². The zero-order valence-corrected chi connectivity index (χ0v) is 27.1. The third-order valence-corrected chi connectivity index (χ3v) is 9.38. The van der Waals surface area contributed by atoms with Crippen LogP contribution in [0.25, 0.3) is 11.0 Å². The van der Waals surface area contributed by atoms with Crippen LogP contribution in [0.1, 0.15) is 54.1 Å². The standard InChI is InChI=1S/C34H36FN7O5S/c1-34(18-29(43)39-33-37-12-14-48-33)25-17-28(27(15-20(25)9-11-38-34)46-19-22-5-2-3-13-45-22)47-21-7-8-23(26(35)16-21)32(44)40-31-24-6-4-10-36-30(24)41-42-31/h4,6-8,10,12,14-17,22,29,38,43H,2-3,5,9,11,13,18-19H2,1H3,(H,37,39)(H2,36,40,41,42,44)/t22?,29?,34-/m1/s1. The van der Waals surface area contributed by atoms with Crippen molar-refractivity contribution in [3.8, 4) is 17.2 Å². The summed E-state index contributed by atoms with van der Waals surface area (Å²) in [4.78, 5) is 21.4. The summed E-state index contributed by atoms with van der Waals surface area (Å²) >= 11 is 1.41. The molecule has 3 atom stereocenters. The van der Waals surface area contributed by atoms with Crippen LogP contribution in [-0.2, 0) is 16.7 Å². The fraction of sp³-hybridized carbons (Fsp3) is 0.353. The predicted molar refractivity (Wildman–Crippen MR) is 179 cm³/mol. The Morgan fingerprint density at radius 2 is 2.12 bits per heavy atom. The van der Waals surface area contributed by atoms with Gasteiger partial charge in [0.05, 0.1) is 17.1 Å². The summed E-state index contributed by atoms with van der Waals surface area (Å²) in [6.07, 6.45) is 6.49. The molecule has 2 unspecified atom stereocenters. The van der Waals surface area contributed by atoms with Gasteiger partial charge in [0.2, 0.25) is 0 Å². The monoisotopic (exact) mass is 673 g/mol. The van der Waals surface area contributed by atoms with Crippen molar-refractivity contribution in [3.63, 3.8) is 0 Å². The Labute approximate surface area is 280 Å². The highest BCUT2D eigenvalue weighted by Gasteiger charge is 2.35. The number of amides is 1. The number of thiazole rings is 1. The molecular weight excluding hydrogens is 637 g/mol. The number of nitrogens with zero attached hydrogens (tertiary/aromatic N) is 3. The van der Waals surface area contributed by atoms with Gasteiger partial charge in [-0.2, -0.15) is 5.10 Å². The van der Waals surface area contributed by atoms with Crippen molar-refractivity contribution >= 4 is 39.2 Å². The minimum absolute atomic E-state index is 0.0281. The molecule has 2 aliphatic rings. The first-order valence-electron chi connectivity index (χ1n) is 15.9. The highest BCUT2D eigenvalue weighted by molar-refractivity contribution is 7.13. The number of nitrogens with one attached hydrogen (secondary N) is 4. The molecule has 1 fully saturated rings. The van der Waals surface area contributed by atoms with E-state index >= 15 is 4.39 Å². The van der Waals surface area contributed by atoms with Crippen molar-refractivity contribution in [2.24, 2.45) is 0 Å². The van der Waals surface area contributed by atoms with E-state index in [0.29, 0.717) is 59.7 Å². The lowest BCUT2D eigenvalue weighted by Gasteiger charge is -2.39. The van der Waals surface area contributed by atoms with Gasteiger partial charge in [0, 0.05) is 49.0 Å². The van der Waals surface area contributed by atoms with Crippen LogP contribution in [0.4, 0.5) is 15.3 Å². The lowest BCUT2D eigenvalue weighted by atomic mass is 9.80. The molecule has 0 saturated carbocycles. The van der Waals surface area contributed by atoms with Crippen LogP contribution in [0.5, 0.6) is 17.2 Å². The number of hydrogen-bond donors (Lipinski definition) is 5. The number of H-pyrrole nitrogens is 1. The summed E-state index contributed by atoms with van der Waals surface area (Å²) in [5.41, 5.74) is 1.64. The Morgan fingerprint density at radius 3 is 2.94 bits per heavy atom. The number of ether oxygens (including phenoxy) is 3. The molecule has 0 bridgehead atoms. The summed E-state index contributed by atoms with van der Waals surface area (Å²) < 4.78 is 34.0. The zero-order valence-electron chi connectivity index (χ0n) is 26.3. The number of aliphatic hydroxyl groups is 1. The second kappa shape index (κ2) is 13.8. The van der Waals surface area contributed by atoms with Gasteiger partial charge in [-0.1, -0.05) is 0 Å². The largest absolute Gasteiger partial charge is 0.487 e. The summed E-state index contributed by atoms with van der Waals surface area (Å²) in [7, 11) is 0. The molecule has 0 radical (unpaired) electrons. The lowest BCUT2D eigenvalue weighted by molar-refractivity contribution is -0.0114. The van der Waals surface area contributed by atoms with E-state index in [4.69, 9.17) is 14.2 Å². The molecular formula is C34H36FN7O5S. The van der Waals surface area contributed by atoms with Crippen LogP contribution in [0.3, 0.4) is 0 Å². The minimum Gasteiger partial charge on any atom is -0.487 e. The number of benzene rings is 2. The van der Waals surface area contributed by atoms with Gasteiger partial charge in [0.15, 0.2) is 22.3 Å². The van der Waals surface area contributed by atoms with Gasteiger partial charge in [-0.05, 0) is 80.1 Å². The highest BCUT2D eigenvalue weighted by atomic mass is 32.1. The average Bonchev–Trinajstić information content (AvgIpc) is 3.74. The number of anilines is 2. The first kappa shape index (κ1) is 31.9. The molecule has 0 aliphatic carbocycles. The maximum Gasteiger partial charge on any atom is 0.259 e. The number of fused-ring (bicyclic) bond motifs is 2. The number of aromatic nitrogens is 4. The Bertz CT molecular complexity index is 1900. The molecule has 3 aromatic heterocycles. The fourth-order valence-corrected chi connectivity index (χ4v) is 6.84. The van der Waals surface area contributed by atoms with Crippen molar-refractivity contribution < 1.29 is 28.5 Å². The van der Waals surface area contributed by atoms with Crippen molar-refractivity contribution in [1.82, 2.24) is 25.5 Å². The first-order valence-corrected chi connectivity index (χ1v) is 16.8. The van der Waals surface area contributed by atoms with Gasteiger partial charge in [-0.15, -0.1) is 11.3 Å². The Morgan fingerprint density at radius 1 is 1.21 bits per heavy atom. The molecule has 2 aliphatic heterocycles. The summed E-state index contributed by atoms with van der Waals surface area (Å²) in [5.74, 6) is 0.000920. The number of carbonyl (C=O) groups is 1. The van der Waals surface area contributed by atoms with E-state index in [9.17, 15) is 9.90 Å². The summed E-state index contributed by atoms with van der Waals surface area (Å²) in [6, 6.07) is 11.4. The van der Waals surface area contributed by atoms with Crippen LogP contribution in [0.15, 0.2) is 60.2 Å². The summed E-state index contributed by atoms with van der Waals surface area (Å²) in [5, 5.41) is 30.1. The van der Waals surface area contributed by atoms with E-state index in [0.717, 1.165) is 36.8 Å². The van der Waals surface area contributed by atoms with E-state index in [2.05, 4.69) is 36.1 Å². The topological polar surface area (TPSA) is 156 Å². The molecule has 48 heavy (non-hydrogen) atoms. The normalized spacial score (nSPS) is 19.8. The van der Waals surface area contributed by atoms with Gasteiger partial charge in [-0.25, -0.2) is 14.4 Å². The molecule has 12 nitrogen and oxygen atoms in total. The van der Waals surface area contributed by atoms with Crippen LogP contribution < -0.4 is 25.4 Å². The number of pyridine rings is 1. The van der Waals surface area contributed by atoms with Gasteiger partial charge < -0.3 is 35.3 Å². The number of rotatable bonds is 11. The molecule has 5 heterocycles. The Kier molecular flexibility index (Phi) is 9.21. The Hall–Kier alpha value is -4.63. The number of halogens is 1. The van der Waals surface area contributed by atoms with Gasteiger partial charge in [0.1, 0.15) is 30.2 Å². The summed E-state index contributed by atoms with van der Waals surface area (Å²) in [6.45, 7) is 3.80. The average molecular weight is 674 g/mol. The van der Waals surface area contributed by atoms with E-state index in [-0.39, 0.29) is 17.4 Å². The third kappa shape index (κ3) is 6.97. The lowest BCUT2D eigenvalue weighted by Crippen LogP contribution is -2.48. The maximum atomic E-state index is 15.5. The van der Waals surface area contributed by atoms with E-state index in [1.807, 2.05) is 24.4 Å². The van der Waals surface area contributed by atoms with Crippen molar-refractivity contribution in [2.75, 3.05) is 30.4 Å². The van der Waals surface area contributed by atoms with E-state index in [1.54, 1.807) is 24.5 Å². The van der Waals surface area contributed by atoms with Crippen molar-refractivity contribution in [2.45, 2.75) is 56.9 Å². The SMILES string of the molecule is C[C@]1(CC(O)Nc2nccs2)NCCc2cc(OCC3CCCCO3)c(Oc3ccc(C(=O)Nc4[nH]nc5ncccc45)c(F)c3)cc21. The smallest absolute Gasteiger partial charge is 0.259 e. The van der Waals surface area contributed by atoms with Crippen LogP contribution in [-0.4, -0.2) is 63.3 Å². The van der Waals surface area contributed by atoms with E-state index in [1.165, 1.54) is 29.5 Å². The molecule has 5 N–H and O–H groups in total. The maximum absolute atomic E-state index is 15.5. The van der Waals surface area contributed by atoms with E-state index < -0.39 is 23.5 Å². The number of hydrogen-bond acceptors (Lipinski definition) is 11. The van der Waals surface area contributed by atoms with Crippen LogP contribution >= 0.6 is 11.3 Å². The van der Waals surface area contributed by atoms with Gasteiger partial charge >= 0.3 is 0 Å². The van der Waals surface area contributed by atoms with Crippen LogP contribution in [0.2, 0.25) is 0 Å². The Balaban J connectivity index is 1.15. The zero-order chi connectivity index (χ0) is 33.1. The third-order valence-electron chi connectivity index (χ3n) is 8.68. The van der Waals surface area contributed by atoms with Gasteiger partial charge in [-0.3, -0.25) is 9.89 Å². The van der Waals surface area contributed by atoms with Crippen molar-refractivity contribution in [1.29, 1.82) is 0 Å².